The fraction of sp³-hybridized carbons (Fsp3) is 0.400. The summed E-state index contributed by atoms with van der Waals surface area (Å²) < 4.78 is 15.5. The fourth-order valence-corrected chi connectivity index (χ4v) is 5.38. The first-order valence-electron chi connectivity index (χ1n) is 12.9. The molecule has 18 heteroatoms. The minimum atomic E-state index is -2.32. The number of aromatic amines is 1. The van der Waals surface area contributed by atoms with E-state index < -0.39 is 38.3 Å². The van der Waals surface area contributed by atoms with E-state index in [4.69, 9.17) is 35.0 Å². The van der Waals surface area contributed by atoms with Gasteiger partial charge in [-0.3, -0.25) is 19.4 Å². The Morgan fingerprint density at radius 2 is 1.72 bits per heavy atom. The van der Waals surface area contributed by atoms with E-state index >= 15 is 0 Å². The van der Waals surface area contributed by atoms with Crippen molar-refractivity contribution in [2.45, 2.75) is 37.9 Å². The molecule has 0 bridgehead atoms. The third-order valence-corrected chi connectivity index (χ3v) is 8.81. The minimum Gasteiger partial charge on any atom is -0.481 e. The second-order valence-corrected chi connectivity index (χ2v) is 12.0. The molecule has 2 aromatic heterocycles. The Morgan fingerprint density at radius 3 is 2.28 bits per heavy atom. The van der Waals surface area contributed by atoms with E-state index in [0.717, 1.165) is 12.5 Å². The van der Waals surface area contributed by atoms with Crippen LogP contribution in [-0.2, 0) is 29.4 Å². The second-order valence-electron chi connectivity index (χ2n) is 8.90. The molecule has 9 N–H and O–H groups in total. The number of aromatic nitrogens is 4. The van der Waals surface area contributed by atoms with Crippen molar-refractivity contribution in [3.63, 3.8) is 0 Å². The Hall–Kier alpha value is -4.49. The number of amides is 1. The van der Waals surface area contributed by atoms with E-state index in [1.165, 1.54) is 18.3 Å². The van der Waals surface area contributed by atoms with Crippen molar-refractivity contribution in [3.05, 3.63) is 52.1 Å². The standard InChI is InChI=1S/C19H19N7O6.C6H17NO3Si/c20-19-25-15-14(17(30)26-19)23-11(8-22-15)7-21-10-3-1-9(2-4-10)16(29)24-12(18(31)32)5-6-13(27)28;1-8-11(9-2,10-3)6-4-5-7/h1-4,8,12,21H,5-7H2,(H,24,29)(H,27,28)(H,31,32)(H3,20,22,25,26,30);4-7H2,1-3H3. The lowest BCUT2D eigenvalue weighted by atomic mass is 10.1. The summed E-state index contributed by atoms with van der Waals surface area (Å²) in [5.41, 5.74) is 11.8. The van der Waals surface area contributed by atoms with E-state index in [-0.39, 0.29) is 42.1 Å². The molecule has 3 aromatic rings. The van der Waals surface area contributed by atoms with Gasteiger partial charge in [0.2, 0.25) is 5.95 Å². The number of H-pyrrole nitrogens is 1. The number of carbonyl (C=O) groups excluding carboxylic acids is 1. The topological polar surface area (TPSA) is 267 Å². The van der Waals surface area contributed by atoms with Crippen molar-refractivity contribution in [1.29, 1.82) is 0 Å². The van der Waals surface area contributed by atoms with Gasteiger partial charge in [0.15, 0.2) is 11.2 Å². The number of carboxylic acid groups (broad SMARTS) is 2. The molecule has 1 aromatic carbocycles. The van der Waals surface area contributed by atoms with Gasteiger partial charge in [0.25, 0.3) is 11.5 Å². The number of nitrogens with two attached hydrogens (primary N) is 2. The molecule has 0 fully saturated rings. The molecule has 0 saturated heterocycles. The van der Waals surface area contributed by atoms with Crippen LogP contribution in [0.5, 0.6) is 0 Å². The number of nitrogen functional groups attached to an aromatic ring is 1. The van der Waals surface area contributed by atoms with Gasteiger partial charge in [-0.2, -0.15) is 4.98 Å². The number of fused-ring (bicyclic) bond motifs is 1. The maximum atomic E-state index is 12.3. The Balaban J connectivity index is 0.000000499. The summed E-state index contributed by atoms with van der Waals surface area (Å²) >= 11 is 0. The van der Waals surface area contributed by atoms with Crippen molar-refractivity contribution >= 4 is 49.4 Å². The van der Waals surface area contributed by atoms with Gasteiger partial charge >= 0.3 is 20.7 Å². The molecule has 0 spiro atoms. The van der Waals surface area contributed by atoms with Crippen molar-refractivity contribution in [2.24, 2.45) is 5.73 Å². The predicted molar refractivity (Wildman–Crippen MR) is 157 cm³/mol. The fourth-order valence-electron chi connectivity index (χ4n) is 3.63. The van der Waals surface area contributed by atoms with Gasteiger partial charge < -0.3 is 45.6 Å². The summed E-state index contributed by atoms with van der Waals surface area (Å²) in [4.78, 5) is 60.6. The van der Waals surface area contributed by atoms with Crippen LogP contribution < -0.4 is 27.7 Å². The van der Waals surface area contributed by atoms with Crippen LogP contribution in [0.1, 0.15) is 35.3 Å². The van der Waals surface area contributed by atoms with E-state index in [2.05, 4.69) is 30.6 Å². The van der Waals surface area contributed by atoms with Crippen molar-refractivity contribution < 1.29 is 37.9 Å². The van der Waals surface area contributed by atoms with E-state index in [9.17, 15) is 19.2 Å². The van der Waals surface area contributed by atoms with Gasteiger partial charge in [-0.1, -0.05) is 0 Å². The molecule has 1 atom stereocenters. The first-order valence-corrected chi connectivity index (χ1v) is 14.9. The molecule has 1 amide bonds. The maximum absolute atomic E-state index is 12.3. The Bertz CT molecular complexity index is 1430. The Morgan fingerprint density at radius 1 is 1.07 bits per heavy atom. The first-order chi connectivity index (χ1) is 20.5. The zero-order valence-corrected chi connectivity index (χ0v) is 25.0. The molecule has 234 valence electrons. The number of carbonyl (C=O) groups is 3. The zero-order chi connectivity index (χ0) is 32.0. The SMILES string of the molecule is CO[Si](CCCN)(OC)OC.Nc1nc2ncc(CNc3ccc(C(=O)NC(CCC(=O)O)C(=O)O)cc3)nc2c(=O)[nH]1. The summed E-state index contributed by atoms with van der Waals surface area (Å²) in [6.07, 6.45) is 1.72. The Labute approximate surface area is 247 Å². The summed E-state index contributed by atoms with van der Waals surface area (Å²) in [5.74, 6) is -3.16. The molecular formula is C25H36N8O9Si. The molecule has 0 aliphatic rings. The van der Waals surface area contributed by atoms with Gasteiger partial charge in [0, 0.05) is 45.0 Å². The van der Waals surface area contributed by atoms with Gasteiger partial charge in [0.05, 0.1) is 18.4 Å². The predicted octanol–water partition coefficient (Wildman–Crippen LogP) is 0.169. The van der Waals surface area contributed by atoms with Crippen molar-refractivity contribution in [3.8, 4) is 0 Å². The number of benzene rings is 1. The summed E-state index contributed by atoms with van der Waals surface area (Å²) in [6, 6.07) is 5.65. The number of carboxylic acids is 2. The monoisotopic (exact) mass is 620 g/mol. The number of rotatable bonds is 15. The minimum absolute atomic E-state index is 0.0524. The molecule has 0 saturated carbocycles. The number of aliphatic carboxylic acids is 2. The van der Waals surface area contributed by atoms with Crippen molar-refractivity contribution in [2.75, 3.05) is 38.9 Å². The summed E-state index contributed by atoms with van der Waals surface area (Å²) in [7, 11) is 2.50. The highest BCUT2D eigenvalue weighted by atomic mass is 28.4. The molecule has 0 aliphatic heterocycles. The average molecular weight is 621 g/mol. The van der Waals surface area contributed by atoms with E-state index in [1.807, 2.05) is 0 Å². The van der Waals surface area contributed by atoms with Gasteiger partial charge in [-0.15, -0.1) is 0 Å². The third-order valence-electron chi connectivity index (χ3n) is 5.98. The number of hydrogen-bond acceptors (Lipinski definition) is 13. The van der Waals surface area contributed by atoms with Crippen LogP contribution in [0.15, 0.2) is 35.3 Å². The molecule has 43 heavy (non-hydrogen) atoms. The molecule has 0 aliphatic carbocycles. The van der Waals surface area contributed by atoms with Crippen LogP contribution in [0.2, 0.25) is 6.04 Å². The van der Waals surface area contributed by atoms with Crippen LogP contribution in [0.25, 0.3) is 11.2 Å². The van der Waals surface area contributed by atoms with Gasteiger partial charge in [-0.05, 0) is 43.7 Å². The number of hydrogen-bond donors (Lipinski definition) is 7. The summed E-state index contributed by atoms with van der Waals surface area (Å²) in [6.45, 7) is 0.874. The average Bonchev–Trinajstić information content (AvgIpc) is 2.99. The summed E-state index contributed by atoms with van der Waals surface area (Å²) in [5, 5.41) is 23.2. The van der Waals surface area contributed by atoms with Crippen LogP contribution in [-0.4, -0.2) is 90.7 Å². The molecular weight excluding hydrogens is 584 g/mol. The molecule has 17 nitrogen and oxygen atoms in total. The lowest BCUT2D eigenvalue weighted by Gasteiger charge is -2.23. The third kappa shape index (κ3) is 10.7. The zero-order valence-electron chi connectivity index (χ0n) is 24.0. The van der Waals surface area contributed by atoms with Gasteiger partial charge in [0.1, 0.15) is 6.04 Å². The smallest absolute Gasteiger partial charge is 0.481 e. The molecule has 3 rings (SSSR count). The van der Waals surface area contributed by atoms with Crippen LogP contribution in [0.3, 0.4) is 0 Å². The van der Waals surface area contributed by atoms with Gasteiger partial charge in [-0.25, -0.2) is 14.8 Å². The first kappa shape index (κ1) is 34.7. The van der Waals surface area contributed by atoms with Crippen molar-refractivity contribution in [1.82, 2.24) is 25.3 Å². The number of nitrogens with zero attached hydrogens (tertiary/aromatic N) is 3. The second kappa shape index (κ2) is 16.8. The van der Waals surface area contributed by atoms with Crippen LogP contribution in [0.4, 0.5) is 11.6 Å². The lowest BCUT2D eigenvalue weighted by molar-refractivity contribution is -0.140. The highest BCUT2D eigenvalue weighted by Gasteiger charge is 2.36. The number of anilines is 2. The quantitative estimate of drug-likeness (QED) is 0.112. The highest BCUT2D eigenvalue weighted by molar-refractivity contribution is 6.60. The molecule has 1 unspecified atom stereocenters. The van der Waals surface area contributed by atoms with Crippen LogP contribution in [0, 0.1) is 0 Å². The maximum Gasteiger partial charge on any atom is 0.500 e. The van der Waals surface area contributed by atoms with E-state index in [1.54, 1.807) is 33.5 Å². The normalized spacial score (nSPS) is 11.7. The number of nitrogens with one attached hydrogen (secondary N) is 3. The highest BCUT2D eigenvalue weighted by Crippen LogP contribution is 2.14. The Kier molecular flexibility index (Phi) is 13.6. The van der Waals surface area contributed by atoms with Crippen LogP contribution >= 0.6 is 0 Å². The largest absolute Gasteiger partial charge is 0.500 e. The lowest BCUT2D eigenvalue weighted by Crippen LogP contribution is -2.42. The molecule has 0 radical (unpaired) electrons. The molecule has 2 heterocycles. The van der Waals surface area contributed by atoms with E-state index in [0.29, 0.717) is 17.9 Å².